The molecule has 0 radical (unpaired) electrons. The number of aromatic nitrogens is 3. The first kappa shape index (κ1) is 18.3. The summed E-state index contributed by atoms with van der Waals surface area (Å²) in [5, 5.41) is 21.0. The van der Waals surface area contributed by atoms with E-state index in [1.807, 2.05) is 61.5 Å². The number of esters is 1. The van der Waals surface area contributed by atoms with Gasteiger partial charge in [-0.2, -0.15) is 0 Å². The Balaban J connectivity index is 1.98. The second kappa shape index (κ2) is 8.27. The Labute approximate surface area is 157 Å². The van der Waals surface area contributed by atoms with Gasteiger partial charge >= 0.3 is 5.97 Å². The van der Waals surface area contributed by atoms with Gasteiger partial charge in [0.2, 0.25) is 0 Å². The molecule has 0 atom stereocenters. The Morgan fingerprint density at radius 1 is 1.22 bits per heavy atom. The Hall–Kier alpha value is -3.48. The van der Waals surface area contributed by atoms with Gasteiger partial charge in [0.15, 0.2) is 5.88 Å². The summed E-state index contributed by atoms with van der Waals surface area (Å²) in [7, 11) is 0. The van der Waals surface area contributed by atoms with E-state index < -0.39 is 11.8 Å². The molecule has 0 unspecified atom stereocenters. The average Bonchev–Trinajstić information content (AvgIpc) is 2.97. The molecule has 0 saturated heterocycles. The minimum atomic E-state index is -0.712. The second-order valence-corrected chi connectivity index (χ2v) is 5.90. The van der Waals surface area contributed by atoms with Gasteiger partial charge < -0.3 is 9.84 Å². The van der Waals surface area contributed by atoms with Crippen molar-refractivity contribution in [2.45, 2.75) is 20.4 Å². The van der Waals surface area contributed by atoms with Crippen molar-refractivity contribution in [1.82, 2.24) is 10.0 Å². The quantitative estimate of drug-likeness (QED) is 0.378. The SMILES string of the molecule is CCOC(=O)c1c([O-])n(N=Cc2ccccc2C)n[n+]1Cc1ccccc1. The fraction of sp³-hybridized carbons (Fsp3) is 0.200. The van der Waals surface area contributed by atoms with Crippen molar-refractivity contribution in [3.8, 4) is 5.88 Å². The van der Waals surface area contributed by atoms with E-state index >= 15 is 0 Å². The molecule has 0 aliphatic heterocycles. The van der Waals surface area contributed by atoms with Crippen LogP contribution in [0.2, 0.25) is 0 Å². The number of hydrogen-bond donors (Lipinski definition) is 0. The maximum absolute atomic E-state index is 12.7. The van der Waals surface area contributed by atoms with E-state index in [2.05, 4.69) is 10.3 Å². The first-order chi connectivity index (χ1) is 13.1. The van der Waals surface area contributed by atoms with Gasteiger partial charge in [0.1, 0.15) is 11.8 Å². The zero-order valence-corrected chi connectivity index (χ0v) is 15.2. The molecule has 1 heterocycles. The third-order valence-electron chi connectivity index (χ3n) is 3.97. The van der Waals surface area contributed by atoms with Gasteiger partial charge in [0, 0.05) is 0 Å². The summed E-state index contributed by atoms with van der Waals surface area (Å²) in [5.74, 6) is -1.33. The topological polar surface area (TPSA) is 83.4 Å². The molecule has 1 aromatic heterocycles. The van der Waals surface area contributed by atoms with Crippen LogP contribution in [0.1, 0.15) is 34.1 Å². The van der Waals surface area contributed by atoms with Gasteiger partial charge in [-0.1, -0.05) is 59.7 Å². The summed E-state index contributed by atoms with van der Waals surface area (Å²) >= 11 is 0. The number of hydrogen-bond acceptors (Lipinski definition) is 5. The number of rotatable bonds is 6. The molecule has 0 N–H and O–H groups in total. The van der Waals surface area contributed by atoms with Crippen LogP contribution in [-0.2, 0) is 11.3 Å². The standard InChI is InChI=1S/C20H20N4O3/c1-3-27-20(26)18-19(25)24(21-13-17-12-8-7-9-15(17)2)22-23(18)14-16-10-5-4-6-11-16/h4-13H,3,14H2,1-2H3. The molecule has 2 aromatic carbocycles. The fourth-order valence-corrected chi connectivity index (χ4v) is 2.58. The zero-order chi connectivity index (χ0) is 19.2. The van der Waals surface area contributed by atoms with Gasteiger partial charge in [0.05, 0.1) is 12.8 Å². The lowest BCUT2D eigenvalue weighted by Gasteiger charge is -2.03. The number of carbonyl (C=O) groups is 1. The highest BCUT2D eigenvalue weighted by atomic mass is 16.5. The molecule has 3 rings (SSSR count). The van der Waals surface area contributed by atoms with Crippen LogP contribution in [-0.4, -0.2) is 28.8 Å². The van der Waals surface area contributed by atoms with Crippen molar-refractivity contribution in [2.75, 3.05) is 6.61 Å². The minimum absolute atomic E-state index is 0.150. The molecule has 0 amide bonds. The van der Waals surface area contributed by atoms with Gasteiger partial charge in [0.25, 0.3) is 5.69 Å². The Kier molecular flexibility index (Phi) is 5.61. The maximum atomic E-state index is 12.7. The van der Waals surface area contributed by atoms with Crippen LogP contribution < -0.4 is 9.79 Å². The Morgan fingerprint density at radius 3 is 2.63 bits per heavy atom. The van der Waals surface area contributed by atoms with Crippen molar-refractivity contribution in [3.05, 3.63) is 77.0 Å². The molecule has 0 aliphatic carbocycles. The summed E-state index contributed by atoms with van der Waals surface area (Å²) in [6.07, 6.45) is 1.55. The third-order valence-corrected chi connectivity index (χ3v) is 3.97. The second-order valence-electron chi connectivity index (χ2n) is 5.90. The van der Waals surface area contributed by atoms with Crippen molar-refractivity contribution >= 4 is 12.2 Å². The lowest BCUT2D eigenvalue weighted by atomic mass is 10.1. The largest absolute Gasteiger partial charge is 0.836 e. The molecule has 0 bridgehead atoms. The molecule has 138 valence electrons. The number of ether oxygens (including phenoxy) is 1. The van der Waals surface area contributed by atoms with Crippen molar-refractivity contribution in [3.63, 3.8) is 0 Å². The molecule has 0 fully saturated rings. The van der Waals surface area contributed by atoms with E-state index in [4.69, 9.17) is 4.74 Å². The van der Waals surface area contributed by atoms with Crippen LogP contribution in [0.5, 0.6) is 5.88 Å². The van der Waals surface area contributed by atoms with Crippen molar-refractivity contribution in [2.24, 2.45) is 5.10 Å². The lowest BCUT2D eigenvalue weighted by molar-refractivity contribution is -0.750. The number of carbonyl (C=O) groups excluding carboxylic acids is 1. The van der Waals surface area contributed by atoms with E-state index in [-0.39, 0.29) is 18.8 Å². The first-order valence-electron chi connectivity index (χ1n) is 8.61. The molecule has 3 aromatic rings. The summed E-state index contributed by atoms with van der Waals surface area (Å²) in [6, 6.07) is 17.1. The number of aryl methyl sites for hydroxylation is 1. The monoisotopic (exact) mass is 364 g/mol. The van der Waals surface area contributed by atoms with Crippen molar-refractivity contribution in [1.29, 1.82) is 0 Å². The fourth-order valence-electron chi connectivity index (χ4n) is 2.58. The van der Waals surface area contributed by atoms with E-state index in [0.29, 0.717) is 0 Å². The summed E-state index contributed by atoms with van der Waals surface area (Å²) < 4.78 is 6.34. The predicted molar refractivity (Wildman–Crippen MR) is 97.5 cm³/mol. The maximum Gasteiger partial charge on any atom is 0.383 e. The average molecular weight is 364 g/mol. The molecule has 7 nitrogen and oxygen atoms in total. The van der Waals surface area contributed by atoms with Crippen LogP contribution in [0.3, 0.4) is 0 Å². The normalized spacial score (nSPS) is 11.0. The van der Waals surface area contributed by atoms with E-state index in [9.17, 15) is 9.90 Å². The van der Waals surface area contributed by atoms with E-state index in [1.165, 1.54) is 4.68 Å². The highest BCUT2D eigenvalue weighted by Gasteiger charge is 2.27. The van der Waals surface area contributed by atoms with E-state index in [1.54, 1.807) is 13.1 Å². The van der Waals surface area contributed by atoms with Gasteiger partial charge in [-0.05, 0) is 35.3 Å². The van der Waals surface area contributed by atoms with E-state index in [0.717, 1.165) is 21.5 Å². The molecule has 7 heteroatoms. The molecule has 0 aliphatic rings. The summed E-state index contributed by atoms with van der Waals surface area (Å²) in [6.45, 7) is 4.06. The number of nitrogens with zero attached hydrogens (tertiary/aromatic N) is 4. The highest BCUT2D eigenvalue weighted by molar-refractivity contribution is 5.88. The van der Waals surface area contributed by atoms with Gasteiger partial charge in [-0.15, -0.1) is 4.68 Å². The highest BCUT2D eigenvalue weighted by Crippen LogP contribution is 2.12. The van der Waals surface area contributed by atoms with Crippen LogP contribution in [0.25, 0.3) is 0 Å². The lowest BCUT2D eigenvalue weighted by Crippen LogP contribution is -2.43. The van der Waals surface area contributed by atoms with Crippen LogP contribution in [0, 0.1) is 6.92 Å². The Bertz CT molecular complexity index is 965. The first-order valence-corrected chi connectivity index (χ1v) is 8.61. The van der Waals surface area contributed by atoms with Gasteiger partial charge in [-0.3, -0.25) is 0 Å². The smallest absolute Gasteiger partial charge is 0.383 e. The van der Waals surface area contributed by atoms with Crippen LogP contribution in [0.15, 0.2) is 59.7 Å². The summed E-state index contributed by atoms with van der Waals surface area (Å²) in [4.78, 5) is 13.2. The van der Waals surface area contributed by atoms with Crippen LogP contribution >= 0.6 is 0 Å². The molecule has 0 saturated carbocycles. The van der Waals surface area contributed by atoms with Crippen LogP contribution in [0.4, 0.5) is 0 Å². The van der Waals surface area contributed by atoms with Crippen molar-refractivity contribution < 1.29 is 19.3 Å². The molecular weight excluding hydrogens is 344 g/mol. The summed E-state index contributed by atoms with van der Waals surface area (Å²) in [5.41, 5.74) is 2.63. The number of benzene rings is 2. The molecule has 27 heavy (non-hydrogen) atoms. The van der Waals surface area contributed by atoms with Gasteiger partial charge in [-0.25, -0.2) is 4.79 Å². The zero-order valence-electron chi connectivity index (χ0n) is 15.2. The predicted octanol–water partition coefficient (Wildman–Crippen LogP) is 1.66. The third kappa shape index (κ3) is 4.20. The Morgan fingerprint density at radius 2 is 1.93 bits per heavy atom. The molecule has 0 spiro atoms. The minimum Gasteiger partial charge on any atom is -0.836 e. The molecular formula is C20H20N4O3.